The molecule has 1 heterocycles. The summed E-state index contributed by atoms with van der Waals surface area (Å²) in [6.45, 7) is 3.55. The second-order valence-electron chi connectivity index (χ2n) is 5.09. The highest BCUT2D eigenvalue weighted by Gasteiger charge is 2.29. The maximum atomic E-state index is 11.2. The summed E-state index contributed by atoms with van der Waals surface area (Å²) < 4.78 is 4.43. The first-order valence-corrected chi connectivity index (χ1v) is 6.88. The number of ether oxygens (including phenoxy) is 1. The standard InChI is InChI=1S/C11H8O4.C7H8/c1-6(12)4-7-2-3-8-9(5-7)11(14)15-10(8)13;1-7-5-3-2-4-6-7/h2-3,5H,4H2,1H3;2-6H,1H3. The summed E-state index contributed by atoms with van der Waals surface area (Å²) >= 11 is 0. The van der Waals surface area contributed by atoms with E-state index in [1.165, 1.54) is 24.6 Å². The summed E-state index contributed by atoms with van der Waals surface area (Å²) in [5, 5.41) is 0. The van der Waals surface area contributed by atoms with Crippen molar-refractivity contribution in [1.82, 2.24) is 0 Å². The van der Waals surface area contributed by atoms with Gasteiger partial charge in [-0.05, 0) is 31.5 Å². The lowest BCUT2D eigenvalue weighted by atomic mass is 10.0. The smallest absolute Gasteiger partial charge is 0.346 e. The van der Waals surface area contributed by atoms with Crippen molar-refractivity contribution >= 4 is 17.7 Å². The molecular formula is C18H16O4. The predicted molar refractivity (Wildman–Crippen MR) is 81.8 cm³/mol. The zero-order chi connectivity index (χ0) is 16.1. The van der Waals surface area contributed by atoms with Gasteiger partial charge in [-0.25, -0.2) is 9.59 Å². The molecule has 0 N–H and O–H groups in total. The Bertz CT molecular complexity index is 717. The lowest BCUT2D eigenvalue weighted by molar-refractivity contribution is -0.116. The van der Waals surface area contributed by atoms with Gasteiger partial charge in [0.1, 0.15) is 5.78 Å². The molecule has 1 aliphatic rings. The highest BCUT2D eigenvalue weighted by atomic mass is 16.6. The summed E-state index contributed by atoms with van der Waals surface area (Å²) in [6.07, 6.45) is 0.259. The van der Waals surface area contributed by atoms with Gasteiger partial charge in [0.05, 0.1) is 11.1 Å². The van der Waals surface area contributed by atoms with Crippen LogP contribution in [-0.4, -0.2) is 17.7 Å². The Morgan fingerprint density at radius 1 is 0.955 bits per heavy atom. The number of hydrogen-bond donors (Lipinski definition) is 0. The average Bonchev–Trinajstić information content (AvgIpc) is 2.74. The molecule has 0 spiro atoms. The lowest BCUT2D eigenvalue weighted by Crippen LogP contribution is -1.99. The predicted octanol–water partition coefficient (Wildman–Crippen LogP) is 3.12. The van der Waals surface area contributed by atoms with Crippen LogP contribution in [0.15, 0.2) is 48.5 Å². The zero-order valence-electron chi connectivity index (χ0n) is 12.5. The van der Waals surface area contributed by atoms with Gasteiger partial charge in [-0.3, -0.25) is 4.79 Å². The van der Waals surface area contributed by atoms with Gasteiger partial charge < -0.3 is 4.74 Å². The Morgan fingerprint density at radius 3 is 2.14 bits per heavy atom. The molecule has 0 saturated heterocycles. The normalized spacial score (nSPS) is 12.1. The Balaban J connectivity index is 0.000000211. The molecule has 0 radical (unpaired) electrons. The van der Waals surface area contributed by atoms with Gasteiger partial charge in [0.2, 0.25) is 0 Å². The first-order valence-electron chi connectivity index (χ1n) is 6.88. The molecule has 2 aromatic rings. The molecule has 0 bridgehead atoms. The maximum absolute atomic E-state index is 11.2. The van der Waals surface area contributed by atoms with Crippen LogP contribution in [0, 0.1) is 6.92 Å². The van der Waals surface area contributed by atoms with Crippen LogP contribution in [0.3, 0.4) is 0 Å². The van der Waals surface area contributed by atoms with E-state index in [2.05, 4.69) is 23.8 Å². The summed E-state index contributed by atoms with van der Waals surface area (Å²) in [7, 11) is 0. The molecule has 112 valence electrons. The van der Waals surface area contributed by atoms with Crippen molar-refractivity contribution in [3.63, 3.8) is 0 Å². The number of fused-ring (bicyclic) bond motifs is 1. The molecule has 2 aromatic carbocycles. The maximum Gasteiger partial charge on any atom is 0.346 e. The minimum absolute atomic E-state index is 0.00707. The second-order valence-corrected chi connectivity index (χ2v) is 5.09. The number of hydrogen-bond acceptors (Lipinski definition) is 4. The highest BCUT2D eigenvalue weighted by Crippen LogP contribution is 2.21. The molecule has 3 rings (SSSR count). The van der Waals surface area contributed by atoms with Gasteiger partial charge in [-0.15, -0.1) is 0 Å². The number of ketones is 1. The monoisotopic (exact) mass is 296 g/mol. The number of carbonyl (C=O) groups excluding carboxylic acids is 3. The molecular weight excluding hydrogens is 280 g/mol. The quantitative estimate of drug-likeness (QED) is 0.631. The van der Waals surface area contributed by atoms with Gasteiger partial charge in [0, 0.05) is 6.42 Å². The molecule has 0 saturated carbocycles. The topological polar surface area (TPSA) is 60.4 Å². The fourth-order valence-corrected chi connectivity index (χ4v) is 2.06. The van der Waals surface area contributed by atoms with Crippen molar-refractivity contribution < 1.29 is 19.1 Å². The van der Waals surface area contributed by atoms with Crippen LogP contribution in [0.2, 0.25) is 0 Å². The fourth-order valence-electron chi connectivity index (χ4n) is 2.06. The zero-order valence-corrected chi connectivity index (χ0v) is 12.5. The van der Waals surface area contributed by atoms with E-state index < -0.39 is 11.9 Å². The third-order valence-electron chi connectivity index (χ3n) is 3.10. The largest absolute Gasteiger partial charge is 0.386 e. The average molecular weight is 296 g/mol. The van der Waals surface area contributed by atoms with Crippen molar-refractivity contribution in [3.8, 4) is 0 Å². The van der Waals surface area contributed by atoms with Crippen molar-refractivity contribution in [2.75, 3.05) is 0 Å². The highest BCUT2D eigenvalue weighted by molar-refractivity contribution is 6.14. The van der Waals surface area contributed by atoms with Crippen LogP contribution in [0.25, 0.3) is 0 Å². The van der Waals surface area contributed by atoms with Crippen LogP contribution >= 0.6 is 0 Å². The number of rotatable bonds is 2. The number of aryl methyl sites for hydroxylation is 1. The van der Waals surface area contributed by atoms with E-state index in [-0.39, 0.29) is 23.3 Å². The van der Waals surface area contributed by atoms with Crippen LogP contribution in [0.1, 0.15) is 38.8 Å². The van der Waals surface area contributed by atoms with Crippen LogP contribution < -0.4 is 0 Å². The van der Waals surface area contributed by atoms with Crippen LogP contribution in [0.5, 0.6) is 0 Å². The van der Waals surface area contributed by atoms with E-state index in [1.54, 1.807) is 6.07 Å². The van der Waals surface area contributed by atoms with E-state index >= 15 is 0 Å². The lowest BCUT2D eigenvalue weighted by Gasteiger charge is -1.98. The van der Waals surface area contributed by atoms with Gasteiger partial charge in [-0.2, -0.15) is 0 Å². The van der Waals surface area contributed by atoms with E-state index in [0.29, 0.717) is 5.56 Å². The molecule has 0 aliphatic carbocycles. The molecule has 0 amide bonds. The van der Waals surface area contributed by atoms with Gasteiger partial charge in [0.25, 0.3) is 0 Å². The van der Waals surface area contributed by atoms with E-state index in [4.69, 9.17) is 0 Å². The number of cyclic esters (lactones) is 2. The summed E-state index contributed by atoms with van der Waals surface area (Å²) in [5.41, 5.74) is 2.56. The Labute approximate surface area is 128 Å². The van der Waals surface area contributed by atoms with E-state index in [9.17, 15) is 14.4 Å². The molecule has 0 aromatic heterocycles. The van der Waals surface area contributed by atoms with Crippen molar-refractivity contribution in [2.45, 2.75) is 20.3 Å². The second kappa shape index (κ2) is 6.80. The van der Waals surface area contributed by atoms with Crippen LogP contribution in [0.4, 0.5) is 0 Å². The summed E-state index contributed by atoms with van der Waals surface area (Å²) in [6, 6.07) is 15.0. The van der Waals surface area contributed by atoms with Gasteiger partial charge >= 0.3 is 11.9 Å². The number of esters is 2. The number of benzene rings is 2. The summed E-state index contributed by atoms with van der Waals surface area (Å²) in [4.78, 5) is 33.2. The minimum Gasteiger partial charge on any atom is -0.386 e. The van der Waals surface area contributed by atoms with Gasteiger partial charge in [-0.1, -0.05) is 42.0 Å². The molecule has 0 atom stereocenters. The number of carbonyl (C=O) groups is 3. The Kier molecular flexibility index (Phi) is 4.84. The third kappa shape index (κ3) is 3.88. The van der Waals surface area contributed by atoms with Crippen molar-refractivity contribution in [1.29, 1.82) is 0 Å². The molecule has 4 nitrogen and oxygen atoms in total. The molecule has 4 heteroatoms. The Hall–Kier alpha value is -2.75. The molecule has 1 aliphatic heterocycles. The van der Waals surface area contributed by atoms with Crippen molar-refractivity contribution in [2.24, 2.45) is 0 Å². The first-order chi connectivity index (χ1) is 10.5. The first kappa shape index (κ1) is 15.6. The van der Waals surface area contributed by atoms with E-state index in [0.717, 1.165) is 0 Å². The minimum atomic E-state index is -0.639. The molecule has 0 unspecified atom stereocenters. The SMILES string of the molecule is CC(=O)Cc1ccc2c(c1)C(=O)OC2=O.Cc1ccccc1. The number of Topliss-reactive ketones (excluding diaryl/α,β-unsaturated/α-hetero) is 1. The Morgan fingerprint density at radius 2 is 1.59 bits per heavy atom. The third-order valence-corrected chi connectivity index (χ3v) is 3.10. The summed E-state index contributed by atoms with van der Waals surface area (Å²) in [5.74, 6) is -1.25. The molecule has 0 fully saturated rings. The fraction of sp³-hybridized carbons (Fsp3) is 0.167. The van der Waals surface area contributed by atoms with Gasteiger partial charge in [0.15, 0.2) is 0 Å². The van der Waals surface area contributed by atoms with Crippen molar-refractivity contribution in [3.05, 3.63) is 70.8 Å². The van der Waals surface area contributed by atoms with E-state index in [1.807, 2.05) is 18.2 Å². The van der Waals surface area contributed by atoms with Crippen LogP contribution in [-0.2, 0) is 16.0 Å². The molecule has 22 heavy (non-hydrogen) atoms.